The molecule has 2 amide bonds. The first-order valence-electron chi connectivity index (χ1n) is 10.2. The number of aromatic amines is 1. The van der Waals surface area contributed by atoms with E-state index in [1.165, 1.54) is 11.6 Å². The van der Waals surface area contributed by atoms with Crippen LogP contribution in [0, 0.1) is 0 Å². The minimum absolute atomic E-state index is 0.275. The smallest absolute Gasteiger partial charge is 0.420 e. The van der Waals surface area contributed by atoms with Crippen molar-refractivity contribution in [2.45, 2.75) is 31.1 Å². The van der Waals surface area contributed by atoms with E-state index in [1.807, 2.05) is 0 Å². The zero-order valence-corrected chi connectivity index (χ0v) is 19.0. The summed E-state index contributed by atoms with van der Waals surface area (Å²) in [7, 11) is -4.90. The number of para-hydroxylation sites is 1. The van der Waals surface area contributed by atoms with Gasteiger partial charge >= 0.3 is 16.4 Å². The van der Waals surface area contributed by atoms with Gasteiger partial charge < -0.3 is 25.6 Å². The minimum Gasteiger partial charge on any atom is -0.464 e. The highest BCUT2D eigenvalue weighted by Crippen LogP contribution is 2.27. The highest BCUT2D eigenvalue weighted by Gasteiger charge is 2.42. The summed E-state index contributed by atoms with van der Waals surface area (Å²) >= 11 is 0. The molecule has 0 radical (unpaired) electrons. The summed E-state index contributed by atoms with van der Waals surface area (Å²) < 4.78 is 30.8. The first-order chi connectivity index (χ1) is 16.0. The fourth-order valence-corrected chi connectivity index (χ4v) is 4.46. The van der Waals surface area contributed by atoms with E-state index in [2.05, 4.69) is 10.3 Å². The molecule has 3 aromatic rings. The number of hydrogen-bond donors (Lipinski definition) is 6. The molecule has 0 bridgehead atoms. The van der Waals surface area contributed by atoms with Crippen LogP contribution in [0.25, 0.3) is 10.9 Å². The zero-order valence-electron chi connectivity index (χ0n) is 18.1. The Balaban J connectivity index is 1.93. The second-order valence-corrected chi connectivity index (χ2v) is 9.11. The Bertz CT molecular complexity index is 1260. The van der Waals surface area contributed by atoms with Crippen LogP contribution in [0.4, 0.5) is 4.79 Å². The molecule has 2 aromatic carbocycles. The molecular formula is C22H25N3O8S. The summed E-state index contributed by atoms with van der Waals surface area (Å²) in [5.41, 5.74) is -0.459. The van der Waals surface area contributed by atoms with Crippen LogP contribution in [0.3, 0.4) is 0 Å². The van der Waals surface area contributed by atoms with Gasteiger partial charge in [-0.15, -0.1) is 0 Å². The number of carbonyl (C=O) groups is 2. The van der Waals surface area contributed by atoms with Gasteiger partial charge in [0.25, 0.3) is 5.91 Å². The first kappa shape index (κ1) is 25.2. The number of H-pyrrole nitrogens is 1. The molecule has 0 saturated carbocycles. The van der Waals surface area contributed by atoms with Crippen molar-refractivity contribution in [3.05, 3.63) is 71.9 Å². The quantitative estimate of drug-likeness (QED) is 0.245. The molecule has 0 saturated heterocycles. The second-order valence-electron chi connectivity index (χ2n) is 7.83. The number of fused-ring (bicyclic) bond motifs is 1. The summed E-state index contributed by atoms with van der Waals surface area (Å²) in [4.78, 5) is 27.2. The van der Waals surface area contributed by atoms with Crippen molar-refractivity contribution in [2.75, 3.05) is 6.61 Å². The van der Waals surface area contributed by atoms with E-state index in [1.54, 1.807) is 60.8 Å². The highest BCUT2D eigenvalue weighted by molar-refractivity contribution is 7.85. The van der Waals surface area contributed by atoms with E-state index < -0.39 is 46.7 Å². The largest absolute Gasteiger partial charge is 0.464 e. The predicted octanol–water partition coefficient (Wildman–Crippen LogP) is 1.21. The van der Waals surface area contributed by atoms with Crippen molar-refractivity contribution in [1.82, 2.24) is 15.0 Å². The van der Waals surface area contributed by atoms with Crippen LogP contribution in [0.2, 0.25) is 0 Å². The molecule has 3 unspecified atom stereocenters. The molecule has 1 heterocycles. The lowest BCUT2D eigenvalue weighted by Crippen LogP contribution is -2.55. The molecule has 0 spiro atoms. The average Bonchev–Trinajstić information content (AvgIpc) is 3.18. The van der Waals surface area contributed by atoms with E-state index >= 15 is 0 Å². The maximum Gasteiger partial charge on any atom is 0.420 e. The summed E-state index contributed by atoms with van der Waals surface area (Å²) in [5, 5.41) is 32.4. The Labute approximate surface area is 195 Å². The van der Waals surface area contributed by atoms with E-state index in [-0.39, 0.29) is 6.42 Å². The van der Waals surface area contributed by atoms with Crippen molar-refractivity contribution in [3.8, 4) is 0 Å². The van der Waals surface area contributed by atoms with Gasteiger partial charge in [-0.2, -0.15) is 13.1 Å². The van der Waals surface area contributed by atoms with Crippen LogP contribution in [0.1, 0.15) is 24.2 Å². The Morgan fingerprint density at radius 3 is 2.41 bits per heavy atom. The van der Waals surface area contributed by atoms with Gasteiger partial charge in [0.05, 0.1) is 12.6 Å². The summed E-state index contributed by atoms with van der Waals surface area (Å²) in [5.74, 6) is -0.984. The summed E-state index contributed by atoms with van der Waals surface area (Å²) in [6, 6.07) is 14.2. The van der Waals surface area contributed by atoms with Gasteiger partial charge in [0.15, 0.2) is 5.60 Å². The zero-order chi connectivity index (χ0) is 24.9. The van der Waals surface area contributed by atoms with Gasteiger partial charge in [0.2, 0.25) is 0 Å². The molecule has 0 aliphatic heterocycles. The normalized spacial score (nSPS) is 15.3. The number of carboxylic acid groups (broad SMARTS) is 1. The first-order valence-corrected chi connectivity index (χ1v) is 11.6. The molecule has 0 fully saturated rings. The van der Waals surface area contributed by atoms with Crippen LogP contribution >= 0.6 is 0 Å². The fraction of sp³-hybridized carbons (Fsp3) is 0.273. The third kappa shape index (κ3) is 5.91. The van der Waals surface area contributed by atoms with Gasteiger partial charge in [-0.3, -0.25) is 4.79 Å². The maximum atomic E-state index is 13.3. The van der Waals surface area contributed by atoms with Gasteiger partial charge in [-0.25, -0.2) is 8.98 Å². The molecule has 3 rings (SSSR count). The number of aromatic nitrogens is 1. The fourth-order valence-electron chi connectivity index (χ4n) is 3.59. The maximum absolute atomic E-state index is 13.3. The number of hydrogen-bond acceptors (Lipinski definition) is 7. The topological polar surface area (TPSA) is 178 Å². The van der Waals surface area contributed by atoms with Gasteiger partial charge in [0, 0.05) is 23.5 Å². The van der Waals surface area contributed by atoms with Crippen molar-refractivity contribution in [1.29, 1.82) is 0 Å². The lowest BCUT2D eigenvalue weighted by atomic mass is 9.94. The summed E-state index contributed by atoms with van der Waals surface area (Å²) in [6.45, 7) is 0.514. The number of aliphatic hydroxyl groups is 2. The Kier molecular flexibility index (Phi) is 7.57. The number of benzene rings is 2. The number of carbonyl (C=O) groups excluding carboxylic acids is 1. The van der Waals surface area contributed by atoms with Crippen LogP contribution < -0.4 is 10.0 Å². The van der Waals surface area contributed by atoms with Crippen molar-refractivity contribution in [3.63, 3.8) is 0 Å². The van der Waals surface area contributed by atoms with Crippen LogP contribution in [-0.2, 0) is 25.7 Å². The summed E-state index contributed by atoms with van der Waals surface area (Å²) in [6.07, 6.45) is -1.88. The average molecular weight is 492 g/mol. The molecular weight excluding hydrogens is 466 g/mol. The van der Waals surface area contributed by atoms with Crippen molar-refractivity contribution < 1.29 is 37.5 Å². The van der Waals surface area contributed by atoms with Gasteiger partial charge in [-0.1, -0.05) is 48.5 Å². The van der Waals surface area contributed by atoms with E-state index in [9.17, 15) is 28.2 Å². The Morgan fingerprint density at radius 2 is 1.76 bits per heavy atom. The predicted molar refractivity (Wildman–Crippen MR) is 122 cm³/mol. The molecule has 11 nitrogen and oxygen atoms in total. The van der Waals surface area contributed by atoms with Crippen LogP contribution in [-0.4, -0.2) is 59.0 Å². The van der Waals surface area contributed by atoms with Gasteiger partial charge in [0.1, 0.15) is 6.10 Å². The lowest BCUT2D eigenvalue weighted by Gasteiger charge is -2.31. The Hall–Kier alpha value is -3.45. The van der Waals surface area contributed by atoms with E-state index in [0.29, 0.717) is 16.5 Å². The van der Waals surface area contributed by atoms with Crippen LogP contribution in [0.15, 0.2) is 60.8 Å². The molecule has 3 atom stereocenters. The standard InChI is InChI=1S/C22H25N3O8S/c1-22(33-34(31,32)25-21(29)30,11-15-12-23-17-10-6-5-9-16(15)17)20(28)24-18(13-26)19(27)14-7-3-2-4-8-14/h2-10,12,18-19,23,25-27H,11,13H2,1H3,(H,24,28)(H,29,30). The number of nitrogens with one attached hydrogen (secondary N) is 3. The molecule has 34 heavy (non-hydrogen) atoms. The third-order valence-corrected chi connectivity index (χ3v) is 6.24. The molecule has 182 valence electrons. The molecule has 12 heteroatoms. The monoisotopic (exact) mass is 491 g/mol. The highest BCUT2D eigenvalue weighted by atomic mass is 32.2. The second kappa shape index (κ2) is 10.2. The SMILES string of the molecule is CC(Cc1c[nH]c2ccccc12)(OS(=O)(=O)NC(=O)O)C(=O)NC(CO)C(O)c1ccccc1. The number of amides is 2. The van der Waals surface area contributed by atoms with Gasteiger partial charge in [-0.05, 0) is 24.1 Å². The lowest BCUT2D eigenvalue weighted by molar-refractivity contribution is -0.137. The molecule has 6 N–H and O–H groups in total. The van der Waals surface area contributed by atoms with Crippen molar-refractivity contribution in [2.24, 2.45) is 0 Å². The molecule has 0 aliphatic rings. The Morgan fingerprint density at radius 1 is 1.12 bits per heavy atom. The minimum atomic E-state index is -4.90. The van der Waals surface area contributed by atoms with Crippen LogP contribution in [0.5, 0.6) is 0 Å². The molecule has 0 aliphatic carbocycles. The number of aliphatic hydroxyl groups excluding tert-OH is 2. The third-order valence-electron chi connectivity index (χ3n) is 5.22. The number of rotatable bonds is 10. The van der Waals surface area contributed by atoms with E-state index in [4.69, 9.17) is 9.29 Å². The molecule has 1 aromatic heterocycles. The van der Waals surface area contributed by atoms with Crippen molar-refractivity contribution >= 4 is 33.2 Å². The van der Waals surface area contributed by atoms with E-state index in [0.717, 1.165) is 5.52 Å².